The Morgan fingerprint density at radius 1 is 1.27 bits per heavy atom. The lowest BCUT2D eigenvalue weighted by molar-refractivity contribution is 0.102. The standard InChI is InChI=1S/C24H28N4O3S2/c1-4-12-27-15-11-20-21(16-25)24(32-22(20)17-27)26-23(29)18-7-9-19(10-8-18)33(30,31)28(13-5-2)14-6-3/h5-10H,2-4,11-15,17H2,1H3,(H,26,29). The molecule has 174 valence electrons. The summed E-state index contributed by atoms with van der Waals surface area (Å²) in [5.41, 5.74) is 1.87. The van der Waals surface area contributed by atoms with Crippen LogP contribution >= 0.6 is 11.3 Å². The largest absolute Gasteiger partial charge is 0.312 e. The van der Waals surface area contributed by atoms with Gasteiger partial charge in [0.15, 0.2) is 0 Å². The van der Waals surface area contributed by atoms with Crippen molar-refractivity contribution < 1.29 is 13.2 Å². The van der Waals surface area contributed by atoms with Crippen LogP contribution in [0.2, 0.25) is 0 Å². The molecule has 0 spiro atoms. The fraction of sp³-hybridized carbons (Fsp3) is 0.333. The average molecular weight is 485 g/mol. The van der Waals surface area contributed by atoms with Crippen LogP contribution in [-0.2, 0) is 23.0 Å². The first-order valence-electron chi connectivity index (χ1n) is 10.8. The molecule has 9 heteroatoms. The normalized spacial score (nSPS) is 13.8. The first-order valence-corrected chi connectivity index (χ1v) is 13.0. The Bertz CT molecular complexity index is 1170. The fourth-order valence-corrected chi connectivity index (χ4v) is 6.45. The molecule has 1 aromatic carbocycles. The number of nitriles is 1. The van der Waals surface area contributed by atoms with Crippen molar-refractivity contribution in [1.29, 1.82) is 5.26 Å². The molecule has 0 aliphatic carbocycles. The Hall–Kier alpha value is -2.77. The molecular formula is C24H28N4O3S2. The van der Waals surface area contributed by atoms with Gasteiger partial charge >= 0.3 is 0 Å². The Balaban J connectivity index is 1.79. The van der Waals surface area contributed by atoms with Crippen molar-refractivity contribution in [3.8, 4) is 6.07 Å². The van der Waals surface area contributed by atoms with Gasteiger partial charge in [-0.05, 0) is 49.2 Å². The van der Waals surface area contributed by atoms with E-state index in [0.29, 0.717) is 16.1 Å². The monoisotopic (exact) mass is 484 g/mol. The second-order valence-electron chi connectivity index (χ2n) is 7.72. The number of amides is 1. The third kappa shape index (κ3) is 5.42. The maximum atomic E-state index is 12.9. The molecule has 0 fully saturated rings. The Kier molecular flexibility index (Phi) is 8.21. The molecule has 0 saturated carbocycles. The van der Waals surface area contributed by atoms with E-state index < -0.39 is 10.0 Å². The Morgan fingerprint density at radius 3 is 2.52 bits per heavy atom. The number of hydrogen-bond acceptors (Lipinski definition) is 6. The molecule has 0 saturated heterocycles. The van der Waals surface area contributed by atoms with Crippen molar-refractivity contribution in [3.05, 3.63) is 71.1 Å². The first kappa shape index (κ1) is 24.9. The minimum absolute atomic E-state index is 0.0862. The van der Waals surface area contributed by atoms with Gasteiger partial charge in [-0.2, -0.15) is 9.57 Å². The number of benzene rings is 1. The molecule has 0 radical (unpaired) electrons. The van der Waals surface area contributed by atoms with Crippen LogP contribution in [0.15, 0.2) is 54.5 Å². The molecule has 1 N–H and O–H groups in total. The quantitative estimate of drug-likeness (QED) is 0.515. The van der Waals surface area contributed by atoms with Crippen LogP contribution in [0.25, 0.3) is 0 Å². The number of sulfonamides is 1. The van der Waals surface area contributed by atoms with Crippen LogP contribution in [0.5, 0.6) is 0 Å². The summed E-state index contributed by atoms with van der Waals surface area (Å²) in [6.07, 6.45) is 4.89. The first-order chi connectivity index (χ1) is 15.8. The average Bonchev–Trinajstić information content (AvgIpc) is 3.15. The summed E-state index contributed by atoms with van der Waals surface area (Å²) in [6.45, 7) is 12.4. The van der Waals surface area contributed by atoms with Gasteiger partial charge in [-0.1, -0.05) is 19.1 Å². The number of anilines is 1. The lowest BCUT2D eigenvalue weighted by Crippen LogP contribution is -2.31. The van der Waals surface area contributed by atoms with Gasteiger partial charge < -0.3 is 5.32 Å². The summed E-state index contributed by atoms with van der Waals surface area (Å²) in [6, 6.07) is 8.03. The summed E-state index contributed by atoms with van der Waals surface area (Å²) in [5.74, 6) is -0.381. The molecule has 3 rings (SSSR count). The number of fused-ring (bicyclic) bond motifs is 1. The van der Waals surface area contributed by atoms with E-state index in [1.54, 1.807) is 0 Å². The minimum atomic E-state index is -3.74. The molecule has 1 amide bonds. The smallest absolute Gasteiger partial charge is 0.256 e. The van der Waals surface area contributed by atoms with Crippen molar-refractivity contribution in [1.82, 2.24) is 9.21 Å². The molecule has 7 nitrogen and oxygen atoms in total. The summed E-state index contributed by atoms with van der Waals surface area (Å²) >= 11 is 1.44. The zero-order chi connectivity index (χ0) is 24.0. The van der Waals surface area contributed by atoms with Crippen molar-refractivity contribution in [2.45, 2.75) is 31.2 Å². The van der Waals surface area contributed by atoms with Crippen molar-refractivity contribution in [2.75, 3.05) is 31.5 Å². The van der Waals surface area contributed by atoms with Crippen LogP contribution < -0.4 is 5.32 Å². The SMILES string of the molecule is C=CCN(CC=C)S(=O)(=O)c1ccc(C(=O)Nc2sc3c(c2C#N)CCN(CCC)C3)cc1. The Labute approximate surface area is 199 Å². The molecule has 1 aliphatic heterocycles. The predicted octanol–water partition coefficient (Wildman–Crippen LogP) is 4.00. The van der Waals surface area contributed by atoms with Gasteiger partial charge in [0, 0.05) is 36.6 Å². The number of nitrogens with zero attached hydrogens (tertiary/aromatic N) is 3. The molecule has 0 bridgehead atoms. The highest BCUT2D eigenvalue weighted by atomic mass is 32.2. The van der Waals surface area contributed by atoms with Crippen LogP contribution in [-0.4, -0.2) is 49.7 Å². The van der Waals surface area contributed by atoms with Crippen molar-refractivity contribution >= 4 is 32.3 Å². The van der Waals surface area contributed by atoms with Gasteiger partial charge in [-0.25, -0.2) is 8.42 Å². The van der Waals surface area contributed by atoms with Gasteiger partial charge in [0.2, 0.25) is 10.0 Å². The number of rotatable bonds is 10. The van der Waals surface area contributed by atoms with Crippen LogP contribution in [0.4, 0.5) is 5.00 Å². The third-order valence-electron chi connectivity index (χ3n) is 5.43. The lowest BCUT2D eigenvalue weighted by Gasteiger charge is -2.26. The molecule has 2 aromatic rings. The summed E-state index contributed by atoms with van der Waals surface area (Å²) in [5, 5.41) is 13.1. The van der Waals surface area contributed by atoms with Crippen molar-refractivity contribution in [3.63, 3.8) is 0 Å². The lowest BCUT2D eigenvalue weighted by atomic mass is 10.0. The van der Waals surface area contributed by atoms with E-state index in [2.05, 4.69) is 36.4 Å². The maximum absolute atomic E-state index is 12.9. The highest BCUT2D eigenvalue weighted by molar-refractivity contribution is 7.89. The summed E-state index contributed by atoms with van der Waals surface area (Å²) in [4.78, 5) is 16.4. The van der Waals surface area contributed by atoms with E-state index in [-0.39, 0.29) is 23.9 Å². The fourth-order valence-electron chi connectivity index (χ4n) is 3.83. The molecule has 0 unspecified atom stereocenters. The van der Waals surface area contributed by atoms with E-state index >= 15 is 0 Å². The highest BCUT2D eigenvalue weighted by Crippen LogP contribution is 2.37. The second-order valence-corrected chi connectivity index (χ2v) is 10.8. The number of hydrogen-bond donors (Lipinski definition) is 1. The van der Waals surface area contributed by atoms with Gasteiger partial charge in [0.25, 0.3) is 5.91 Å². The minimum Gasteiger partial charge on any atom is -0.312 e. The number of carbonyl (C=O) groups excluding carboxylic acids is 1. The topological polar surface area (TPSA) is 93.5 Å². The number of thiophene rings is 1. The Morgan fingerprint density at radius 2 is 1.94 bits per heavy atom. The zero-order valence-electron chi connectivity index (χ0n) is 18.7. The van der Waals surface area contributed by atoms with Gasteiger partial charge in [-0.3, -0.25) is 9.69 Å². The summed E-state index contributed by atoms with van der Waals surface area (Å²) < 4.78 is 26.9. The second kappa shape index (κ2) is 10.9. The van der Waals surface area contributed by atoms with E-state index in [1.807, 2.05) is 0 Å². The summed E-state index contributed by atoms with van der Waals surface area (Å²) in [7, 11) is -3.74. The number of carbonyl (C=O) groups is 1. The molecular weight excluding hydrogens is 456 g/mol. The molecule has 2 heterocycles. The van der Waals surface area contributed by atoms with Crippen LogP contribution in [0.3, 0.4) is 0 Å². The molecule has 1 aromatic heterocycles. The zero-order valence-corrected chi connectivity index (χ0v) is 20.3. The van der Waals surface area contributed by atoms with Crippen LogP contribution in [0.1, 0.15) is 39.7 Å². The van der Waals surface area contributed by atoms with E-state index in [0.717, 1.165) is 42.9 Å². The number of nitrogens with one attached hydrogen (secondary N) is 1. The highest BCUT2D eigenvalue weighted by Gasteiger charge is 2.26. The molecule has 1 aliphatic rings. The van der Waals surface area contributed by atoms with Crippen LogP contribution in [0, 0.1) is 11.3 Å². The van der Waals surface area contributed by atoms with Crippen molar-refractivity contribution in [2.24, 2.45) is 0 Å². The third-order valence-corrected chi connectivity index (χ3v) is 8.41. The molecule has 0 atom stereocenters. The van der Waals surface area contributed by atoms with Gasteiger partial charge in [0.1, 0.15) is 11.1 Å². The van der Waals surface area contributed by atoms with Gasteiger partial charge in [-0.15, -0.1) is 24.5 Å². The molecule has 33 heavy (non-hydrogen) atoms. The van der Waals surface area contributed by atoms with E-state index in [9.17, 15) is 18.5 Å². The maximum Gasteiger partial charge on any atom is 0.256 e. The predicted molar refractivity (Wildman–Crippen MR) is 132 cm³/mol. The van der Waals surface area contributed by atoms with E-state index in [4.69, 9.17) is 0 Å². The van der Waals surface area contributed by atoms with E-state index in [1.165, 1.54) is 52.1 Å². The van der Waals surface area contributed by atoms with Gasteiger partial charge in [0.05, 0.1) is 10.5 Å².